The molecule has 0 N–H and O–H groups in total. The molecule has 1 aliphatic heterocycles. The Balaban J connectivity index is 1.97. The van der Waals surface area contributed by atoms with Crippen molar-refractivity contribution in [2.24, 2.45) is 0 Å². The summed E-state index contributed by atoms with van der Waals surface area (Å²) in [4.78, 5) is 13.7. The minimum absolute atomic E-state index is 0.208. The van der Waals surface area contributed by atoms with Crippen molar-refractivity contribution >= 4 is 22.0 Å². The third kappa shape index (κ3) is 4.87. The molecular formula is C16H21BrFNO3. The van der Waals surface area contributed by atoms with Gasteiger partial charge in [-0.15, -0.1) is 0 Å². The normalized spacial score (nSPS) is 19.0. The van der Waals surface area contributed by atoms with Crippen molar-refractivity contribution in [1.82, 2.24) is 4.90 Å². The molecule has 4 nitrogen and oxygen atoms in total. The van der Waals surface area contributed by atoms with Gasteiger partial charge in [-0.1, -0.05) is 15.9 Å². The number of benzene rings is 1. The van der Waals surface area contributed by atoms with Crippen LogP contribution in [0.5, 0.6) is 5.75 Å². The van der Waals surface area contributed by atoms with Crippen molar-refractivity contribution in [2.45, 2.75) is 45.3 Å². The molecule has 1 aromatic rings. The van der Waals surface area contributed by atoms with Crippen molar-refractivity contribution < 1.29 is 18.7 Å². The zero-order chi connectivity index (χ0) is 16.3. The Morgan fingerprint density at radius 1 is 1.41 bits per heavy atom. The molecule has 1 amide bonds. The third-order valence-electron chi connectivity index (χ3n) is 3.22. The molecule has 0 saturated carbocycles. The Hall–Kier alpha value is -1.30. The van der Waals surface area contributed by atoms with Gasteiger partial charge in [0.2, 0.25) is 0 Å². The summed E-state index contributed by atoms with van der Waals surface area (Å²) >= 11 is 3.21. The number of nitrogens with zero attached hydrogens (tertiary/aromatic N) is 1. The van der Waals surface area contributed by atoms with Crippen LogP contribution in [-0.2, 0) is 4.74 Å². The van der Waals surface area contributed by atoms with Crippen molar-refractivity contribution in [3.05, 3.63) is 28.5 Å². The molecule has 6 heteroatoms. The lowest BCUT2D eigenvalue weighted by Crippen LogP contribution is -2.46. The zero-order valence-electron chi connectivity index (χ0n) is 13.1. The first-order valence-corrected chi connectivity index (χ1v) is 8.13. The number of likely N-dealkylation sites (tertiary alicyclic amines) is 1. The maximum atomic E-state index is 13.8. The van der Waals surface area contributed by atoms with Crippen molar-refractivity contribution in [2.75, 3.05) is 13.1 Å². The predicted molar refractivity (Wildman–Crippen MR) is 85.6 cm³/mol. The van der Waals surface area contributed by atoms with E-state index in [1.165, 1.54) is 6.07 Å². The van der Waals surface area contributed by atoms with Crippen LogP contribution in [0.4, 0.5) is 9.18 Å². The quantitative estimate of drug-likeness (QED) is 0.772. The topological polar surface area (TPSA) is 38.8 Å². The van der Waals surface area contributed by atoms with E-state index in [0.717, 1.165) is 12.8 Å². The summed E-state index contributed by atoms with van der Waals surface area (Å²) in [6, 6.07) is 4.68. The van der Waals surface area contributed by atoms with Crippen LogP contribution >= 0.6 is 15.9 Å². The molecule has 0 spiro atoms. The summed E-state index contributed by atoms with van der Waals surface area (Å²) in [5.41, 5.74) is -0.525. The molecule has 1 heterocycles. The molecule has 122 valence electrons. The summed E-state index contributed by atoms with van der Waals surface area (Å²) in [6.45, 7) is 6.54. The summed E-state index contributed by atoms with van der Waals surface area (Å²) in [6.07, 6.45) is 1.02. The Bertz CT molecular complexity index is 545. The van der Waals surface area contributed by atoms with E-state index in [4.69, 9.17) is 9.47 Å². The molecule has 1 unspecified atom stereocenters. The summed E-state index contributed by atoms with van der Waals surface area (Å²) in [5.74, 6) is -0.206. The molecule has 0 aromatic heterocycles. The van der Waals surface area contributed by atoms with Gasteiger partial charge >= 0.3 is 6.09 Å². The van der Waals surface area contributed by atoms with Gasteiger partial charge in [0.1, 0.15) is 11.7 Å². The highest BCUT2D eigenvalue weighted by atomic mass is 79.9. The fourth-order valence-corrected chi connectivity index (χ4v) is 2.61. The highest BCUT2D eigenvalue weighted by Gasteiger charge is 2.28. The second-order valence-electron chi connectivity index (χ2n) is 6.38. The van der Waals surface area contributed by atoms with Gasteiger partial charge in [-0.2, -0.15) is 0 Å². The second-order valence-corrected chi connectivity index (χ2v) is 7.30. The fraction of sp³-hybridized carbons (Fsp3) is 0.562. The Morgan fingerprint density at radius 3 is 2.77 bits per heavy atom. The van der Waals surface area contributed by atoms with E-state index in [0.29, 0.717) is 17.6 Å². The number of carbonyl (C=O) groups is 1. The van der Waals surface area contributed by atoms with Gasteiger partial charge in [0.15, 0.2) is 11.6 Å². The highest BCUT2D eigenvalue weighted by Crippen LogP contribution is 2.25. The molecule has 0 bridgehead atoms. The average molecular weight is 374 g/mol. The van der Waals surface area contributed by atoms with E-state index in [2.05, 4.69) is 15.9 Å². The predicted octanol–water partition coefficient (Wildman–Crippen LogP) is 4.37. The van der Waals surface area contributed by atoms with E-state index >= 15 is 0 Å². The average Bonchev–Trinajstić information content (AvgIpc) is 2.40. The van der Waals surface area contributed by atoms with Gasteiger partial charge in [0, 0.05) is 11.0 Å². The van der Waals surface area contributed by atoms with E-state index in [1.54, 1.807) is 17.0 Å². The Kier molecular flexibility index (Phi) is 5.32. The van der Waals surface area contributed by atoms with Gasteiger partial charge in [-0.25, -0.2) is 9.18 Å². The van der Waals surface area contributed by atoms with Gasteiger partial charge in [0.25, 0.3) is 0 Å². The van der Waals surface area contributed by atoms with Gasteiger partial charge in [-0.3, -0.25) is 0 Å². The van der Waals surface area contributed by atoms with E-state index < -0.39 is 11.4 Å². The minimum Gasteiger partial charge on any atom is -0.486 e. The molecule has 2 rings (SSSR count). The largest absolute Gasteiger partial charge is 0.486 e. The standard InChI is InChI=1S/C16H21BrFNO3/c1-16(2,3)22-15(20)19-8-4-5-12(10-19)21-14-7-6-11(17)9-13(14)18/h6-7,9,12H,4-5,8,10H2,1-3H3. The van der Waals surface area contributed by atoms with Crippen LogP contribution in [-0.4, -0.2) is 35.8 Å². The molecule has 0 radical (unpaired) electrons. The fourth-order valence-electron chi connectivity index (χ4n) is 2.28. The van der Waals surface area contributed by atoms with Crippen molar-refractivity contribution in [1.29, 1.82) is 0 Å². The number of carbonyl (C=O) groups excluding carboxylic acids is 1. The molecule has 1 fully saturated rings. The van der Waals surface area contributed by atoms with Gasteiger partial charge in [0.05, 0.1) is 6.54 Å². The lowest BCUT2D eigenvalue weighted by Gasteiger charge is -2.34. The van der Waals surface area contributed by atoms with Crippen molar-refractivity contribution in [3.8, 4) is 5.75 Å². The summed E-state index contributed by atoms with van der Waals surface area (Å²) < 4.78 is 25.6. The monoisotopic (exact) mass is 373 g/mol. The lowest BCUT2D eigenvalue weighted by molar-refractivity contribution is 0.00736. The van der Waals surface area contributed by atoms with Gasteiger partial charge in [-0.05, 0) is 51.8 Å². The summed E-state index contributed by atoms with van der Waals surface area (Å²) in [5, 5.41) is 0. The number of halogens is 2. The molecule has 0 aliphatic carbocycles. The third-order valence-corrected chi connectivity index (χ3v) is 3.71. The lowest BCUT2D eigenvalue weighted by atomic mass is 10.1. The van der Waals surface area contributed by atoms with Crippen LogP contribution in [0, 0.1) is 5.82 Å². The van der Waals surface area contributed by atoms with Crippen LogP contribution < -0.4 is 4.74 Å². The number of ether oxygens (including phenoxy) is 2. The maximum Gasteiger partial charge on any atom is 0.410 e. The number of amides is 1. The minimum atomic E-state index is -0.525. The Labute approximate surface area is 138 Å². The SMILES string of the molecule is CC(C)(C)OC(=O)N1CCCC(Oc2ccc(Br)cc2F)C1. The molecule has 1 atom stereocenters. The number of hydrogen-bond acceptors (Lipinski definition) is 3. The first-order valence-electron chi connectivity index (χ1n) is 7.34. The first-order chi connectivity index (χ1) is 10.2. The molecule has 1 saturated heterocycles. The van der Waals surface area contributed by atoms with E-state index in [1.807, 2.05) is 20.8 Å². The number of piperidine rings is 1. The van der Waals surface area contributed by atoms with Gasteiger partial charge < -0.3 is 14.4 Å². The number of hydrogen-bond donors (Lipinski definition) is 0. The van der Waals surface area contributed by atoms with Crippen molar-refractivity contribution in [3.63, 3.8) is 0 Å². The Morgan fingerprint density at radius 2 is 2.14 bits per heavy atom. The van der Waals surface area contributed by atoms with E-state index in [9.17, 15) is 9.18 Å². The van der Waals surface area contributed by atoms with Crippen LogP contribution in [0.2, 0.25) is 0 Å². The first kappa shape index (κ1) is 17.1. The van der Waals surface area contributed by atoms with E-state index in [-0.39, 0.29) is 17.9 Å². The molecular weight excluding hydrogens is 353 g/mol. The van der Waals surface area contributed by atoms with Crippen LogP contribution in [0.15, 0.2) is 22.7 Å². The number of rotatable bonds is 2. The highest BCUT2D eigenvalue weighted by molar-refractivity contribution is 9.10. The van der Waals surface area contributed by atoms with Crippen LogP contribution in [0.3, 0.4) is 0 Å². The maximum absolute atomic E-state index is 13.8. The second kappa shape index (κ2) is 6.86. The molecule has 22 heavy (non-hydrogen) atoms. The molecule has 1 aliphatic rings. The van der Waals surface area contributed by atoms with Crippen LogP contribution in [0.25, 0.3) is 0 Å². The smallest absolute Gasteiger partial charge is 0.410 e. The zero-order valence-corrected chi connectivity index (χ0v) is 14.7. The van der Waals surface area contributed by atoms with Crippen LogP contribution in [0.1, 0.15) is 33.6 Å². The summed E-state index contributed by atoms with van der Waals surface area (Å²) in [7, 11) is 0. The molecule has 1 aromatic carbocycles.